The zero-order valence-corrected chi connectivity index (χ0v) is 18.3. The Labute approximate surface area is 174 Å². The number of hydrogen-bond acceptors (Lipinski definition) is 4. The van der Waals surface area contributed by atoms with E-state index in [9.17, 15) is 20.1 Å². The first kappa shape index (κ1) is 21.6. The van der Waals surface area contributed by atoms with Crippen molar-refractivity contribution in [1.82, 2.24) is 0 Å². The molecule has 0 bridgehead atoms. The van der Waals surface area contributed by atoms with Crippen LogP contribution in [0.3, 0.4) is 0 Å². The molecule has 4 aliphatic carbocycles. The van der Waals surface area contributed by atoms with Crippen molar-refractivity contribution >= 4 is 5.97 Å². The molecule has 0 aromatic carbocycles. The largest absolute Gasteiger partial charge is 0.481 e. The van der Waals surface area contributed by atoms with E-state index in [1.54, 1.807) is 0 Å². The lowest BCUT2D eigenvalue weighted by Crippen LogP contribution is -2.62. The first-order chi connectivity index (χ1) is 13.6. The molecule has 4 N–H and O–H groups in total. The van der Waals surface area contributed by atoms with Gasteiger partial charge in [-0.1, -0.05) is 20.8 Å². The van der Waals surface area contributed by atoms with E-state index in [1.807, 2.05) is 0 Å². The average molecular weight is 409 g/mol. The van der Waals surface area contributed by atoms with E-state index in [4.69, 9.17) is 5.11 Å². The van der Waals surface area contributed by atoms with Crippen LogP contribution < -0.4 is 0 Å². The number of aliphatic carboxylic acids is 1. The van der Waals surface area contributed by atoms with Crippen LogP contribution in [0.1, 0.15) is 78.6 Å². The molecule has 0 aromatic heterocycles. The molecule has 166 valence electrons. The SMILES string of the molecule is C[C@H](CCC(=O)O)[C@H]1CC[C@H]2[C@@H]3[C@H](O)C[C@H]4C[C@H](O)CC[C@]4(C)[C@H]3C[C@H](O)[C@]12C. The number of aliphatic hydroxyl groups excluding tert-OH is 3. The quantitative estimate of drug-likeness (QED) is 0.571. The van der Waals surface area contributed by atoms with Gasteiger partial charge in [0, 0.05) is 6.42 Å². The van der Waals surface area contributed by atoms with Gasteiger partial charge in [-0.25, -0.2) is 0 Å². The number of rotatable bonds is 4. The molecule has 0 saturated heterocycles. The summed E-state index contributed by atoms with van der Waals surface area (Å²) in [5.41, 5.74) is -0.143. The Morgan fingerprint density at radius 1 is 1.03 bits per heavy atom. The molecule has 11 atom stereocenters. The molecular formula is C24H40O5. The van der Waals surface area contributed by atoms with Gasteiger partial charge in [-0.3, -0.25) is 4.79 Å². The highest BCUT2D eigenvalue weighted by Crippen LogP contribution is 2.68. The molecule has 4 fully saturated rings. The number of carbonyl (C=O) groups is 1. The summed E-state index contributed by atoms with van der Waals surface area (Å²) in [5, 5.41) is 42.0. The Hall–Kier alpha value is -0.650. The summed E-state index contributed by atoms with van der Waals surface area (Å²) in [6.45, 7) is 6.72. The van der Waals surface area contributed by atoms with Crippen molar-refractivity contribution in [1.29, 1.82) is 0 Å². The molecule has 4 aliphatic rings. The minimum absolute atomic E-state index is 0.0957. The molecule has 0 unspecified atom stereocenters. The summed E-state index contributed by atoms with van der Waals surface area (Å²) < 4.78 is 0. The molecule has 5 heteroatoms. The first-order valence-electron chi connectivity index (χ1n) is 11.8. The lowest BCUT2D eigenvalue weighted by Gasteiger charge is -2.63. The molecule has 29 heavy (non-hydrogen) atoms. The van der Waals surface area contributed by atoms with E-state index in [0.29, 0.717) is 30.1 Å². The van der Waals surface area contributed by atoms with Crippen LogP contribution in [0.15, 0.2) is 0 Å². The van der Waals surface area contributed by atoms with Crippen molar-refractivity contribution in [3.8, 4) is 0 Å². The lowest BCUT2D eigenvalue weighted by atomic mass is 9.43. The summed E-state index contributed by atoms with van der Waals surface area (Å²) in [7, 11) is 0. The highest BCUT2D eigenvalue weighted by molar-refractivity contribution is 5.66. The van der Waals surface area contributed by atoms with Gasteiger partial charge in [-0.15, -0.1) is 0 Å². The van der Waals surface area contributed by atoms with Crippen molar-refractivity contribution in [3.63, 3.8) is 0 Å². The van der Waals surface area contributed by atoms with Gasteiger partial charge >= 0.3 is 5.97 Å². The molecule has 0 aromatic rings. The van der Waals surface area contributed by atoms with Crippen LogP contribution >= 0.6 is 0 Å². The van der Waals surface area contributed by atoms with E-state index in [2.05, 4.69) is 20.8 Å². The molecule has 0 heterocycles. The number of carboxylic acid groups (broad SMARTS) is 1. The number of carboxylic acids is 1. The van der Waals surface area contributed by atoms with E-state index < -0.39 is 12.1 Å². The Kier molecular flexibility index (Phi) is 5.57. The number of aliphatic hydroxyl groups is 3. The normalized spacial score (nSPS) is 52.9. The van der Waals surface area contributed by atoms with E-state index in [-0.39, 0.29) is 41.3 Å². The summed E-state index contributed by atoms with van der Waals surface area (Å²) >= 11 is 0. The van der Waals surface area contributed by atoms with Crippen molar-refractivity contribution in [2.75, 3.05) is 0 Å². The smallest absolute Gasteiger partial charge is 0.303 e. The van der Waals surface area contributed by atoms with Gasteiger partial charge in [-0.2, -0.15) is 0 Å². The Morgan fingerprint density at radius 2 is 1.76 bits per heavy atom. The van der Waals surface area contributed by atoms with Gasteiger partial charge in [0.15, 0.2) is 0 Å². The highest BCUT2D eigenvalue weighted by atomic mass is 16.4. The second kappa shape index (κ2) is 7.49. The van der Waals surface area contributed by atoms with Crippen molar-refractivity contribution in [2.24, 2.45) is 46.3 Å². The second-order valence-electron chi connectivity index (χ2n) is 11.4. The Morgan fingerprint density at radius 3 is 2.45 bits per heavy atom. The summed E-state index contributed by atoms with van der Waals surface area (Å²) in [5.74, 6) is 0.997. The predicted molar refractivity (Wildman–Crippen MR) is 110 cm³/mol. The first-order valence-corrected chi connectivity index (χ1v) is 11.8. The molecule has 0 radical (unpaired) electrons. The van der Waals surface area contributed by atoms with Crippen LogP contribution in [0.4, 0.5) is 0 Å². The van der Waals surface area contributed by atoms with Crippen LogP contribution in [-0.2, 0) is 4.79 Å². The molecule has 0 amide bonds. The van der Waals surface area contributed by atoms with Gasteiger partial charge in [0.2, 0.25) is 0 Å². The monoisotopic (exact) mass is 408 g/mol. The van der Waals surface area contributed by atoms with Gasteiger partial charge in [0.05, 0.1) is 18.3 Å². The van der Waals surface area contributed by atoms with E-state index in [1.165, 1.54) is 0 Å². The Balaban J connectivity index is 1.61. The highest BCUT2D eigenvalue weighted by Gasteiger charge is 2.65. The molecule has 5 nitrogen and oxygen atoms in total. The average Bonchev–Trinajstić information content (AvgIpc) is 3.01. The maximum Gasteiger partial charge on any atom is 0.303 e. The lowest BCUT2D eigenvalue weighted by molar-refractivity contribution is -0.207. The van der Waals surface area contributed by atoms with Crippen LogP contribution in [0.25, 0.3) is 0 Å². The fourth-order valence-electron chi connectivity index (χ4n) is 8.68. The third-order valence-electron chi connectivity index (χ3n) is 10.3. The standard InChI is InChI=1S/C24H40O5/c1-13(4-7-21(28)29)16-5-6-17-22-18(12-20(27)24(16,17)3)23(2)9-8-15(25)10-14(23)11-19(22)26/h13-20,22,25-27H,4-12H2,1-3H3,(H,28,29)/t13-,14-,15-,16-,17+,18+,19-,20+,22+,23+,24-/m1/s1. The van der Waals surface area contributed by atoms with Gasteiger partial charge in [-0.05, 0) is 97.7 Å². The Bertz CT molecular complexity index is 637. The van der Waals surface area contributed by atoms with Crippen molar-refractivity contribution < 1.29 is 25.2 Å². The predicted octanol–water partition coefficient (Wildman–Crippen LogP) is 3.45. The number of hydrogen-bond donors (Lipinski definition) is 4. The van der Waals surface area contributed by atoms with Gasteiger partial charge in [0.1, 0.15) is 0 Å². The van der Waals surface area contributed by atoms with E-state index >= 15 is 0 Å². The molecule has 0 spiro atoms. The maximum atomic E-state index is 11.5. The summed E-state index contributed by atoms with van der Waals surface area (Å²) in [6.07, 6.45) is 6.00. The van der Waals surface area contributed by atoms with Gasteiger partial charge < -0.3 is 20.4 Å². The van der Waals surface area contributed by atoms with E-state index in [0.717, 1.165) is 44.9 Å². The van der Waals surface area contributed by atoms with Crippen molar-refractivity contribution in [3.05, 3.63) is 0 Å². The molecular weight excluding hydrogens is 368 g/mol. The molecule has 4 saturated carbocycles. The number of fused-ring (bicyclic) bond motifs is 5. The van der Waals surface area contributed by atoms with Crippen LogP contribution in [0, 0.1) is 46.3 Å². The van der Waals surface area contributed by atoms with Crippen LogP contribution in [0.5, 0.6) is 0 Å². The third-order valence-corrected chi connectivity index (χ3v) is 10.3. The van der Waals surface area contributed by atoms with Crippen molar-refractivity contribution in [2.45, 2.75) is 96.9 Å². The third kappa shape index (κ3) is 3.27. The zero-order chi connectivity index (χ0) is 21.1. The minimum Gasteiger partial charge on any atom is -0.481 e. The molecule has 4 rings (SSSR count). The minimum atomic E-state index is -0.748. The summed E-state index contributed by atoms with van der Waals surface area (Å²) in [4.78, 5) is 11.1. The summed E-state index contributed by atoms with van der Waals surface area (Å²) in [6, 6.07) is 0. The fraction of sp³-hybridized carbons (Fsp3) is 0.958. The van der Waals surface area contributed by atoms with Gasteiger partial charge in [0.25, 0.3) is 0 Å². The second-order valence-corrected chi connectivity index (χ2v) is 11.4. The molecule has 0 aliphatic heterocycles. The van der Waals surface area contributed by atoms with Crippen LogP contribution in [0.2, 0.25) is 0 Å². The maximum absolute atomic E-state index is 11.5. The zero-order valence-electron chi connectivity index (χ0n) is 18.3. The van der Waals surface area contributed by atoms with Crippen LogP contribution in [-0.4, -0.2) is 44.7 Å². The fourth-order valence-corrected chi connectivity index (χ4v) is 8.68. The topological polar surface area (TPSA) is 98.0 Å².